The number of nitrogens with zero attached hydrogens (tertiary/aromatic N) is 3. The fourth-order valence-electron chi connectivity index (χ4n) is 2.19. The van der Waals surface area contributed by atoms with Crippen LogP contribution < -0.4 is 5.73 Å². The molecular formula is C11H18N4O. The lowest BCUT2D eigenvalue weighted by Crippen LogP contribution is -2.48. The molecule has 2 unspecified atom stereocenters. The topological polar surface area (TPSA) is 64.2 Å². The Bertz CT molecular complexity index is 387. The number of carbonyl (C=O) groups excluding carboxylic acids is 1. The number of aryl methyl sites for hydroxylation is 1. The summed E-state index contributed by atoms with van der Waals surface area (Å²) >= 11 is 0. The number of likely N-dealkylation sites (tertiary alicyclic amines) is 1. The maximum Gasteiger partial charge on any atom is 0.274 e. The first kappa shape index (κ1) is 11.1. The van der Waals surface area contributed by atoms with Crippen molar-refractivity contribution < 1.29 is 4.79 Å². The van der Waals surface area contributed by atoms with E-state index in [1.165, 1.54) is 0 Å². The fourth-order valence-corrected chi connectivity index (χ4v) is 2.19. The third-order valence-electron chi connectivity index (χ3n) is 3.11. The molecule has 0 aromatic carbocycles. The Morgan fingerprint density at radius 3 is 2.94 bits per heavy atom. The lowest BCUT2D eigenvalue weighted by molar-refractivity contribution is 0.0612. The third kappa shape index (κ3) is 2.09. The molecule has 1 aromatic heterocycles. The number of aromatic nitrogens is 2. The maximum absolute atomic E-state index is 12.1. The Hall–Kier alpha value is -1.36. The van der Waals surface area contributed by atoms with E-state index in [0.29, 0.717) is 5.69 Å². The first-order chi connectivity index (χ1) is 7.58. The summed E-state index contributed by atoms with van der Waals surface area (Å²) in [5.41, 5.74) is 6.39. The highest BCUT2D eigenvalue weighted by Crippen LogP contribution is 2.17. The van der Waals surface area contributed by atoms with E-state index in [4.69, 9.17) is 5.73 Å². The Labute approximate surface area is 95.2 Å². The van der Waals surface area contributed by atoms with Gasteiger partial charge in [-0.15, -0.1) is 0 Å². The van der Waals surface area contributed by atoms with Crippen LogP contribution in [0.4, 0.5) is 0 Å². The number of hydrogen-bond acceptors (Lipinski definition) is 3. The monoisotopic (exact) mass is 222 g/mol. The largest absolute Gasteiger partial charge is 0.334 e. The van der Waals surface area contributed by atoms with Crippen molar-refractivity contribution in [3.63, 3.8) is 0 Å². The van der Waals surface area contributed by atoms with Gasteiger partial charge in [0.15, 0.2) is 0 Å². The van der Waals surface area contributed by atoms with Gasteiger partial charge in [-0.1, -0.05) is 0 Å². The summed E-state index contributed by atoms with van der Waals surface area (Å²) in [7, 11) is 1.81. The molecule has 1 aliphatic heterocycles. The standard InChI is InChI=1S/C11H18N4O/c1-8-7-9(12)3-6-15(8)11(16)10-4-5-14(2)13-10/h4-5,8-9H,3,6-7,12H2,1-2H3. The van der Waals surface area contributed by atoms with Crippen LogP contribution in [0.25, 0.3) is 0 Å². The summed E-state index contributed by atoms with van der Waals surface area (Å²) in [4.78, 5) is 14.0. The number of nitrogens with two attached hydrogens (primary N) is 1. The van der Waals surface area contributed by atoms with Gasteiger partial charge >= 0.3 is 0 Å². The van der Waals surface area contributed by atoms with E-state index < -0.39 is 0 Å². The van der Waals surface area contributed by atoms with E-state index in [2.05, 4.69) is 5.10 Å². The zero-order chi connectivity index (χ0) is 11.7. The van der Waals surface area contributed by atoms with Crippen molar-refractivity contribution in [2.24, 2.45) is 12.8 Å². The Morgan fingerprint density at radius 2 is 2.38 bits per heavy atom. The van der Waals surface area contributed by atoms with Gasteiger partial charge < -0.3 is 10.6 Å². The summed E-state index contributed by atoms with van der Waals surface area (Å²) in [6.45, 7) is 2.78. The van der Waals surface area contributed by atoms with E-state index in [1.807, 2.05) is 18.9 Å². The molecule has 1 fully saturated rings. The lowest BCUT2D eigenvalue weighted by atomic mass is 9.99. The molecule has 1 aromatic rings. The number of amides is 1. The molecular weight excluding hydrogens is 204 g/mol. The molecule has 2 rings (SSSR count). The van der Waals surface area contributed by atoms with Gasteiger partial charge in [-0.3, -0.25) is 9.48 Å². The second-order valence-electron chi connectivity index (χ2n) is 4.51. The first-order valence-corrected chi connectivity index (χ1v) is 5.64. The molecule has 0 aliphatic carbocycles. The van der Waals surface area contributed by atoms with Gasteiger partial charge in [0.2, 0.25) is 0 Å². The molecule has 0 saturated carbocycles. The van der Waals surface area contributed by atoms with Crippen LogP contribution in [0.3, 0.4) is 0 Å². The zero-order valence-electron chi connectivity index (χ0n) is 9.76. The van der Waals surface area contributed by atoms with Gasteiger partial charge in [0.1, 0.15) is 5.69 Å². The van der Waals surface area contributed by atoms with Crippen molar-refractivity contribution in [1.82, 2.24) is 14.7 Å². The van der Waals surface area contributed by atoms with Gasteiger partial charge in [0.25, 0.3) is 5.91 Å². The molecule has 1 saturated heterocycles. The molecule has 1 amide bonds. The Kier molecular flexibility index (Phi) is 2.96. The predicted molar refractivity (Wildman–Crippen MR) is 60.9 cm³/mol. The van der Waals surface area contributed by atoms with Crippen molar-refractivity contribution in [3.8, 4) is 0 Å². The van der Waals surface area contributed by atoms with Gasteiger partial charge in [-0.25, -0.2) is 0 Å². The van der Waals surface area contributed by atoms with Crippen molar-refractivity contribution >= 4 is 5.91 Å². The highest BCUT2D eigenvalue weighted by molar-refractivity contribution is 5.92. The molecule has 2 atom stereocenters. The number of piperidine rings is 1. The summed E-state index contributed by atoms with van der Waals surface area (Å²) in [5, 5.41) is 4.13. The average molecular weight is 222 g/mol. The molecule has 16 heavy (non-hydrogen) atoms. The van der Waals surface area contributed by atoms with Gasteiger partial charge in [-0.05, 0) is 25.8 Å². The minimum atomic E-state index is 0.0139. The lowest BCUT2D eigenvalue weighted by Gasteiger charge is -2.35. The summed E-state index contributed by atoms with van der Waals surface area (Å²) in [6.07, 6.45) is 3.54. The molecule has 1 aliphatic rings. The molecule has 0 bridgehead atoms. The molecule has 5 nitrogen and oxygen atoms in total. The minimum Gasteiger partial charge on any atom is -0.334 e. The summed E-state index contributed by atoms with van der Waals surface area (Å²) in [6, 6.07) is 2.19. The zero-order valence-corrected chi connectivity index (χ0v) is 9.76. The normalized spacial score (nSPS) is 25.8. The van der Waals surface area contributed by atoms with E-state index in [1.54, 1.807) is 16.9 Å². The molecule has 0 spiro atoms. The van der Waals surface area contributed by atoms with Gasteiger partial charge in [0, 0.05) is 31.9 Å². The van der Waals surface area contributed by atoms with Crippen LogP contribution in [0.15, 0.2) is 12.3 Å². The molecule has 5 heteroatoms. The summed E-state index contributed by atoms with van der Waals surface area (Å²) in [5.74, 6) is 0.0139. The van der Waals surface area contributed by atoms with E-state index in [9.17, 15) is 4.79 Å². The smallest absolute Gasteiger partial charge is 0.274 e. The SMILES string of the molecule is CC1CC(N)CCN1C(=O)c1ccn(C)n1. The third-order valence-corrected chi connectivity index (χ3v) is 3.11. The van der Waals surface area contributed by atoms with Crippen molar-refractivity contribution in [3.05, 3.63) is 18.0 Å². The van der Waals surface area contributed by atoms with Crippen LogP contribution in [0.5, 0.6) is 0 Å². The second kappa shape index (κ2) is 4.25. The van der Waals surface area contributed by atoms with Crippen molar-refractivity contribution in [2.75, 3.05) is 6.54 Å². The van der Waals surface area contributed by atoms with Gasteiger partial charge in [0.05, 0.1) is 0 Å². The van der Waals surface area contributed by atoms with Crippen molar-refractivity contribution in [1.29, 1.82) is 0 Å². The first-order valence-electron chi connectivity index (χ1n) is 5.64. The van der Waals surface area contributed by atoms with E-state index in [0.717, 1.165) is 19.4 Å². The molecule has 2 heterocycles. The highest BCUT2D eigenvalue weighted by Gasteiger charge is 2.28. The van der Waals surface area contributed by atoms with Crippen LogP contribution in [0.2, 0.25) is 0 Å². The summed E-state index contributed by atoms with van der Waals surface area (Å²) < 4.78 is 1.65. The van der Waals surface area contributed by atoms with Crippen LogP contribution in [0, 0.1) is 0 Å². The highest BCUT2D eigenvalue weighted by atomic mass is 16.2. The maximum atomic E-state index is 12.1. The van der Waals surface area contributed by atoms with Gasteiger partial charge in [-0.2, -0.15) is 5.10 Å². The van der Waals surface area contributed by atoms with Crippen LogP contribution in [-0.2, 0) is 7.05 Å². The number of rotatable bonds is 1. The quantitative estimate of drug-likeness (QED) is 0.746. The van der Waals surface area contributed by atoms with E-state index >= 15 is 0 Å². The number of carbonyl (C=O) groups is 1. The van der Waals surface area contributed by atoms with E-state index in [-0.39, 0.29) is 18.0 Å². The molecule has 2 N–H and O–H groups in total. The fraction of sp³-hybridized carbons (Fsp3) is 0.636. The number of hydrogen-bond donors (Lipinski definition) is 1. The van der Waals surface area contributed by atoms with Crippen LogP contribution >= 0.6 is 0 Å². The Balaban J connectivity index is 2.10. The minimum absolute atomic E-state index is 0.0139. The Morgan fingerprint density at radius 1 is 1.62 bits per heavy atom. The van der Waals surface area contributed by atoms with Crippen molar-refractivity contribution in [2.45, 2.75) is 31.8 Å². The van der Waals surface area contributed by atoms with Crippen LogP contribution in [0.1, 0.15) is 30.3 Å². The molecule has 88 valence electrons. The molecule has 0 radical (unpaired) electrons. The predicted octanol–water partition coefficient (Wildman–Crippen LogP) is 0.372. The average Bonchev–Trinajstić information content (AvgIpc) is 2.64. The van der Waals surface area contributed by atoms with Crippen LogP contribution in [-0.4, -0.2) is 39.2 Å². The second-order valence-corrected chi connectivity index (χ2v) is 4.51.